The second kappa shape index (κ2) is 6.92. The van der Waals surface area contributed by atoms with Gasteiger partial charge in [0.15, 0.2) is 0 Å². The summed E-state index contributed by atoms with van der Waals surface area (Å²) in [5.74, 6) is 2.23. The molecule has 3 heterocycles. The third-order valence-electron chi connectivity index (χ3n) is 4.51. The maximum Gasteiger partial charge on any atom is 0.232 e. The minimum Gasteiger partial charge on any atom is -0.480 e. The highest BCUT2D eigenvalue weighted by Crippen LogP contribution is 2.27. The van der Waals surface area contributed by atoms with Gasteiger partial charge in [0.2, 0.25) is 11.8 Å². The van der Waals surface area contributed by atoms with Gasteiger partial charge in [-0.3, -0.25) is 0 Å². The monoisotopic (exact) mass is 354 g/mol. The summed E-state index contributed by atoms with van der Waals surface area (Å²) in [5.41, 5.74) is 0. The lowest BCUT2D eigenvalue weighted by Crippen LogP contribution is -2.38. The molecule has 0 aliphatic carbocycles. The Hall–Kier alpha value is -0.880. The molecule has 1 aromatic heterocycles. The predicted octanol–water partition coefficient (Wildman–Crippen LogP) is 2.56. The first-order valence-corrected chi connectivity index (χ1v) is 8.59. The van der Waals surface area contributed by atoms with E-state index < -0.39 is 0 Å². The van der Waals surface area contributed by atoms with E-state index in [2.05, 4.69) is 35.7 Å². The van der Waals surface area contributed by atoms with Crippen LogP contribution in [-0.4, -0.2) is 54.7 Å². The molecule has 0 spiro atoms. The molecule has 2 fully saturated rings. The van der Waals surface area contributed by atoms with E-state index in [9.17, 15) is 0 Å². The zero-order valence-corrected chi connectivity index (χ0v) is 14.2. The lowest BCUT2D eigenvalue weighted by atomic mass is 9.96. The first-order chi connectivity index (χ1) is 10.3. The Morgan fingerprint density at radius 2 is 1.95 bits per heavy atom. The topological polar surface area (TPSA) is 41.5 Å². The van der Waals surface area contributed by atoms with Crippen molar-refractivity contribution in [2.75, 3.05) is 44.7 Å². The van der Waals surface area contributed by atoms with Crippen molar-refractivity contribution >= 4 is 21.9 Å². The predicted molar refractivity (Wildman–Crippen MR) is 86.9 cm³/mol. The number of methoxy groups -OCH3 is 1. The summed E-state index contributed by atoms with van der Waals surface area (Å²) in [6.07, 6.45) is 7.00. The number of anilines is 1. The van der Waals surface area contributed by atoms with Gasteiger partial charge in [-0.1, -0.05) is 0 Å². The van der Waals surface area contributed by atoms with Gasteiger partial charge in [-0.15, -0.1) is 0 Å². The molecule has 21 heavy (non-hydrogen) atoms. The van der Waals surface area contributed by atoms with Gasteiger partial charge in [0.05, 0.1) is 17.8 Å². The average molecular weight is 355 g/mol. The van der Waals surface area contributed by atoms with Crippen LogP contribution in [0.3, 0.4) is 0 Å². The van der Waals surface area contributed by atoms with Crippen molar-refractivity contribution in [2.45, 2.75) is 25.7 Å². The van der Waals surface area contributed by atoms with Crippen LogP contribution in [0.25, 0.3) is 0 Å². The molecule has 0 bridgehead atoms. The lowest BCUT2D eigenvalue weighted by molar-refractivity contribution is 0.248. The number of hydrogen-bond donors (Lipinski definition) is 0. The van der Waals surface area contributed by atoms with Crippen LogP contribution < -0.4 is 9.64 Å². The molecule has 0 saturated carbocycles. The lowest BCUT2D eigenvalue weighted by Gasteiger charge is -2.33. The molecule has 3 rings (SSSR count). The largest absolute Gasteiger partial charge is 0.480 e. The molecular formula is C15H23BrN4O. The van der Waals surface area contributed by atoms with Crippen molar-refractivity contribution in [1.29, 1.82) is 0 Å². The van der Waals surface area contributed by atoms with E-state index in [-0.39, 0.29) is 0 Å². The molecular weight excluding hydrogens is 332 g/mol. The SMILES string of the molecule is COc1nc(N2CCC(CN3CCCC3)CC2)ncc1Br. The summed E-state index contributed by atoms with van der Waals surface area (Å²) >= 11 is 3.40. The van der Waals surface area contributed by atoms with Crippen molar-refractivity contribution in [3.8, 4) is 5.88 Å². The maximum absolute atomic E-state index is 5.25. The summed E-state index contributed by atoms with van der Waals surface area (Å²) < 4.78 is 6.06. The normalized spacial score (nSPS) is 21.0. The van der Waals surface area contributed by atoms with Crippen LogP contribution >= 0.6 is 15.9 Å². The first kappa shape index (κ1) is 15.0. The highest BCUT2D eigenvalue weighted by molar-refractivity contribution is 9.10. The zero-order valence-electron chi connectivity index (χ0n) is 12.6. The van der Waals surface area contributed by atoms with Gasteiger partial charge in [-0.05, 0) is 60.6 Å². The Balaban J connectivity index is 1.55. The number of likely N-dealkylation sites (tertiary alicyclic amines) is 1. The molecule has 6 heteroatoms. The highest BCUT2D eigenvalue weighted by atomic mass is 79.9. The van der Waals surface area contributed by atoms with E-state index in [1.165, 1.54) is 45.3 Å². The fraction of sp³-hybridized carbons (Fsp3) is 0.733. The van der Waals surface area contributed by atoms with Crippen molar-refractivity contribution in [3.63, 3.8) is 0 Å². The van der Waals surface area contributed by atoms with Gasteiger partial charge in [0.25, 0.3) is 0 Å². The van der Waals surface area contributed by atoms with Crippen LogP contribution in [0, 0.1) is 5.92 Å². The van der Waals surface area contributed by atoms with Crippen molar-refractivity contribution in [1.82, 2.24) is 14.9 Å². The fourth-order valence-corrected chi connectivity index (χ4v) is 3.64. The summed E-state index contributed by atoms with van der Waals surface area (Å²) in [6.45, 7) is 5.96. The highest BCUT2D eigenvalue weighted by Gasteiger charge is 2.24. The molecule has 116 valence electrons. The Morgan fingerprint density at radius 1 is 1.24 bits per heavy atom. The second-order valence-electron chi connectivity index (χ2n) is 5.97. The average Bonchev–Trinajstić information content (AvgIpc) is 3.02. The molecule has 0 atom stereocenters. The van der Waals surface area contributed by atoms with E-state index in [1.807, 2.05) is 0 Å². The first-order valence-electron chi connectivity index (χ1n) is 7.80. The molecule has 0 aromatic carbocycles. The third kappa shape index (κ3) is 3.66. The number of nitrogens with zero attached hydrogens (tertiary/aromatic N) is 4. The van der Waals surface area contributed by atoms with Gasteiger partial charge < -0.3 is 14.5 Å². The number of halogens is 1. The molecule has 2 saturated heterocycles. The Bertz CT molecular complexity index is 471. The van der Waals surface area contributed by atoms with Crippen LogP contribution in [0.2, 0.25) is 0 Å². The quantitative estimate of drug-likeness (QED) is 0.830. The minimum atomic E-state index is 0.610. The summed E-state index contributed by atoms with van der Waals surface area (Å²) in [7, 11) is 1.64. The Kier molecular flexibility index (Phi) is 4.95. The van der Waals surface area contributed by atoms with Gasteiger partial charge in [-0.2, -0.15) is 4.98 Å². The molecule has 0 amide bonds. The van der Waals surface area contributed by atoms with E-state index in [0.717, 1.165) is 29.4 Å². The van der Waals surface area contributed by atoms with Crippen molar-refractivity contribution in [3.05, 3.63) is 10.7 Å². The molecule has 0 radical (unpaired) electrons. The molecule has 1 aromatic rings. The number of ether oxygens (including phenoxy) is 1. The van der Waals surface area contributed by atoms with Crippen LogP contribution in [-0.2, 0) is 0 Å². The van der Waals surface area contributed by atoms with Gasteiger partial charge in [0, 0.05) is 19.6 Å². The Labute approximate surface area is 134 Å². The van der Waals surface area contributed by atoms with Crippen LogP contribution in [0.5, 0.6) is 5.88 Å². The van der Waals surface area contributed by atoms with Gasteiger partial charge >= 0.3 is 0 Å². The van der Waals surface area contributed by atoms with E-state index in [4.69, 9.17) is 4.74 Å². The number of hydrogen-bond acceptors (Lipinski definition) is 5. The Morgan fingerprint density at radius 3 is 2.62 bits per heavy atom. The molecule has 2 aliphatic rings. The number of aromatic nitrogens is 2. The van der Waals surface area contributed by atoms with Gasteiger partial charge in [-0.25, -0.2) is 4.98 Å². The minimum absolute atomic E-state index is 0.610. The standard InChI is InChI=1S/C15H23BrN4O/c1-21-14-13(16)10-17-15(18-14)20-8-4-12(5-9-20)11-19-6-2-3-7-19/h10,12H,2-9,11H2,1H3. The number of piperidine rings is 1. The summed E-state index contributed by atoms with van der Waals surface area (Å²) in [4.78, 5) is 13.8. The van der Waals surface area contributed by atoms with E-state index >= 15 is 0 Å². The molecule has 2 aliphatic heterocycles. The van der Waals surface area contributed by atoms with E-state index in [1.54, 1.807) is 13.3 Å². The zero-order chi connectivity index (χ0) is 14.7. The molecule has 0 N–H and O–H groups in total. The smallest absolute Gasteiger partial charge is 0.232 e. The maximum atomic E-state index is 5.25. The van der Waals surface area contributed by atoms with Crippen LogP contribution in [0.15, 0.2) is 10.7 Å². The fourth-order valence-electron chi connectivity index (χ4n) is 3.28. The van der Waals surface area contributed by atoms with Crippen molar-refractivity contribution < 1.29 is 4.74 Å². The molecule has 0 unspecified atom stereocenters. The van der Waals surface area contributed by atoms with Crippen LogP contribution in [0.1, 0.15) is 25.7 Å². The summed E-state index contributed by atoms with van der Waals surface area (Å²) in [5, 5.41) is 0. The van der Waals surface area contributed by atoms with Crippen LogP contribution in [0.4, 0.5) is 5.95 Å². The van der Waals surface area contributed by atoms with Gasteiger partial charge in [0.1, 0.15) is 0 Å². The van der Waals surface area contributed by atoms with Crippen molar-refractivity contribution in [2.24, 2.45) is 5.92 Å². The third-order valence-corrected chi connectivity index (χ3v) is 5.05. The van der Waals surface area contributed by atoms with E-state index in [0.29, 0.717) is 5.88 Å². The number of rotatable bonds is 4. The second-order valence-corrected chi connectivity index (χ2v) is 6.82. The summed E-state index contributed by atoms with van der Waals surface area (Å²) in [6, 6.07) is 0. The molecule has 5 nitrogen and oxygen atoms in total.